The molecule has 0 spiro atoms. The summed E-state index contributed by atoms with van der Waals surface area (Å²) < 4.78 is 19.8. The largest absolute Gasteiger partial charge is 0.484 e. The van der Waals surface area contributed by atoms with Gasteiger partial charge in [0, 0.05) is 12.6 Å². The zero-order valence-electron chi connectivity index (χ0n) is 11.6. The predicted molar refractivity (Wildman–Crippen MR) is 84.9 cm³/mol. The lowest BCUT2D eigenvalue weighted by atomic mass is 10.1. The van der Waals surface area contributed by atoms with Gasteiger partial charge in [-0.15, -0.1) is 0 Å². The predicted octanol–water partition coefficient (Wildman–Crippen LogP) is 4.46. The van der Waals surface area contributed by atoms with E-state index in [1.54, 1.807) is 12.1 Å². The van der Waals surface area contributed by atoms with E-state index in [4.69, 9.17) is 4.74 Å². The molecule has 1 unspecified atom stereocenters. The van der Waals surface area contributed by atoms with Crippen LogP contribution in [-0.4, -0.2) is 12.6 Å². The van der Waals surface area contributed by atoms with E-state index in [0.29, 0.717) is 16.3 Å². The molecule has 2 aromatic carbocycles. The summed E-state index contributed by atoms with van der Waals surface area (Å²) in [5.41, 5.74) is 1.12. The fourth-order valence-electron chi connectivity index (χ4n) is 2.17. The molecule has 2 aromatic rings. The average Bonchev–Trinajstić information content (AvgIpc) is 3.32. The van der Waals surface area contributed by atoms with Gasteiger partial charge in [0.15, 0.2) is 0 Å². The van der Waals surface area contributed by atoms with E-state index in [0.717, 1.165) is 12.1 Å². The van der Waals surface area contributed by atoms with Crippen LogP contribution in [0.4, 0.5) is 4.39 Å². The number of hydrogen-bond donors (Lipinski definition) is 1. The Morgan fingerprint density at radius 2 is 1.95 bits per heavy atom. The Balaban J connectivity index is 1.75. The van der Waals surface area contributed by atoms with Crippen molar-refractivity contribution in [3.63, 3.8) is 0 Å². The Kier molecular flexibility index (Phi) is 4.56. The third-order valence-electron chi connectivity index (χ3n) is 3.51. The molecule has 110 valence electrons. The summed E-state index contributed by atoms with van der Waals surface area (Å²) >= 11 is 3.19. The Morgan fingerprint density at radius 3 is 2.62 bits per heavy atom. The van der Waals surface area contributed by atoms with Crippen molar-refractivity contribution in [1.29, 1.82) is 0 Å². The number of rotatable bonds is 6. The first kappa shape index (κ1) is 14.5. The van der Waals surface area contributed by atoms with Gasteiger partial charge in [-0.25, -0.2) is 4.39 Å². The molecule has 0 bridgehead atoms. The highest BCUT2D eigenvalue weighted by molar-refractivity contribution is 9.10. The standard InChI is InChI=1S/C17H17BrFNO/c18-15-10-14(8-9-16(15)19)21-17(11-20-13-6-7-13)12-4-2-1-3-5-12/h1-5,8-10,13,17,20H,6-7,11H2. The Morgan fingerprint density at radius 1 is 1.19 bits per heavy atom. The molecule has 0 saturated heterocycles. The van der Waals surface area contributed by atoms with Gasteiger partial charge in [-0.1, -0.05) is 30.3 Å². The number of ether oxygens (including phenoxy) is 1. The van der Waals surface area contributed by atoms with E-state index in [1.807, 2.05) is 18.2 Å². The maximum absolute atomic E-state index is 13.3. The topological polar surface area (TPSA) is 21.3 Å². The summed E-state index contributed by atoms with van der Waals surface area (Å²) in [4.78, 5) is 0. The quantitative estimate of drug-likeness (QED) is 0.831. The van der Waals surface area contributed by atoms with Crippen LogP contribution in [0.15, 0.2) is 53.0 Å². The zero-order chi connectivity index (χ0) is 14.7. The monoisotopic (exact) mass is 349 g/mol. The van der Waals surface area contributed by atoms with Crippen molar-refractivity contribution in [3.05, 3.63) is 64.4 Å². The highest BCUT2D eigenvalue weighted by Gasteiger charge is 2.23. The summed E-state index contributed by atoms with van der Waals surface area (Å²) in [6.07, 6.45) is 2.40. The van der Waals surface area contributed by atoms with E-state index < -0.39 is 0 Å². The van der Waals surface area contributed by atoms with Crippen LogP contribution in [0.25, 0.3) is 0 Å². The average molecular weight is 350 g/mol. The molecule has 0 amide bonds. The summed E-state index contributed by atoms with van der Waals surface area (Å²) in [5.74, 6) is 0.379. The van der Waals surface area contributed by atoms with E-state index in [-0.39, 0.29) is 11.9 Å². The molecule has 0 aliphatic heterocycles. The molecule has 4 heteroatoms. The highest BCUT2D eigenvalue weighted by Crippen LogP contribution is 2.27. The lowest BCUT2D eigenvalue weighted by Crippen LogP contribution is -2.26. The summed E-state index contributed by atoms with van der Waals surface area (Å²) in [5, 5.41) is 3.49. The Hall–Kier alpha value is -1.39. The molecular formula is C17H17BrFNO. The molecule has 1 fully saturated rings. The van der Waals surface area contributed by atoms with Gasteiger partial charge in [-0.2, -0.15) is 0 Å². The molecule has 1 atom stereocenters. The molecule has 0 radical (unpaired) electrons. The normalized spacial score (nSPS) is 15.7. The molecule has 0 heterocycles. The van der Waals surface area contributed by atoms with Crippen molar-refractivity contribution in [2.24, 2.45) is 0 Å². The first-order valence-electron chi connectivity index (χ1n) is 7.12. The summed E-state index contributed by atoms with van der Waals surface area (Å²) in [6, 6.07) is 15.5. The van der Waals surface area contributed by atoms with Crippen molar-refractivity contribution >= 4 is 15.9 Å². The van der Waals surface area contributed by atoms with Gasteiger partial charge in [0.25, 0.3) is 0 Å². The van der Waals surface area contributed by atoms with Crippen LogP contribution >= 0.6 is 15.9 Å². The van der Waals surface area contributed by atoms with Gasteiger partial charge in [0.05, 0.1) is 4.47 Å². The number of benzene rings is 2. The number of nitrogens with one attached hydrogen (secondary N) is 1. The van der Waals surface area contributed by atoms with Crippen molar-refractivity contribution in [2.75, 3.05) is 6.54 Å². The first-order chi connectivity index (χ1) is 10.2. The van der Waals surface area contributed by atoms with Gasteiger partial charge in [-0.05, 0) is 52.5 Å². The van der Waals surface area contributed by atoms with Gasteiger partial charge in [-0.3, -0.25) is 0 Å². The second-order valence-corrected chi connectivity index (χ2v) is 6.13. The van der Waals surface area contributed by atoms with E-state index in [1.165, 1.54) is 18.9 Å². The second kappa shape index (κ2) is 6.58. The summed E-state index contributed by atoms with van der Waals surface area (Å²) in [7, 11) is 0. The van der Waals surface area contributed by atoms with Gasteiger partial charge >= 0.3 is 0 Å². The first-order valence-corrected chi connectivity index (χ1v) is 7.92. The van der Waals surface area contributed by atoms with Crippen molar-refractivity contribution in [3.8, 4) is 5.75 Å². The molecule has 1 N–H and O–H groups in total. The van der Waals surface area contributed by atoms with Gasteiger partial charge in [0.1, 0.15) is 17.7 Å². The fourth-order valence-corrected chi connectivity index (χ4v) is 2.53. The number of halogens is 2. The van der Waals surface area contributed by atoms with Crippen molar-refractivity contribution in [1.82, 2.24) is 5.32 Å². The Bertz CT molecular complexity index is 601. The molecular weight excluding hydrogens is 333 g/mol. The van der Waals surface area contributed by atoms with Crippen LogP contribution in [0.5, 0.6) is 5.75 Å². The minimum Gasteiger partial charge on any atom is -0.484 e. The maximum Gasteiger partial charge on any atom is 0.137 e. The molecule has 21 heavy (non-hydrogen) atoms. The SMILES string of the molecule is Fc1ccc(OC(CNC2CC2)c2ccccc2)cc1Br. The molecule has 3 rings (SSSR count). The molecule has 1 aliphatic carbocycles. The molecule has 0 aromatic heterocycles. The molecule has 2 nitrogen and oxygen atoms in total. The van der Waals surface area contributed by atoms with Crippen molar-refractivity contribution in [2.45, 2.75) is 25.0 Å². The van der Waals surface area contributed by atoms with Crippen LogP contribution in [0, 0.1) is 5.82 Å². The fraction of sp³-hybridized carbons (Fsp3) is 0.294. The van der Waals surface area contributed by atoms with Crippen LogP contribution in [0.1, 0.15) is 24.5 Å². The Labute approximate surface area is 132 Å². The van der Waals surface area contributed by atoms with Crippen molar-refractivity contribution < 1.29 is 9.13 Å². The number of hydrogen-bond acceptors (Lipinski definition) is 2. The minimum atomic E-state index is -0.283. The van der Waals surface area contributed by atoms with Gasteiger partial charge < -0.3 is 10.1 Å². The van der Waals surface area contributed by atoms with Gasteiger partial charge in [0.2, 0.25) is 0 Å². The van der Waals surface area contributed by atoms with Crippen LogP contribution < -0.4 is 10.1 Å². The third-order valence-corrected chi connectivity index (χ3v) is 4.12. The maximum atomic E-state index is 13.3. The van der Waals surface area contributed by atoms with Crippen LogP contribution in [0.2, 0.25) is 0 Å². The zero-order valence-corrected chi connectivity index (χ0v) is 13.1. The minimum absolute atomic E-state index is 0.0795. The van der Waals surface area contributed by atoms with E-state index in [2.05, 4.69) is 33.4 Å². The highest BCUT2D eigenvalue weighted by atomic mass is 79.9. The lowest BCUT2D eigenvalue weighted by Gasteiger charge is -2.20. The second-order valence-electron chi connectivity index (χ2n) is 5.28. The summed E-state index contributed by atoms with van der Waals surface area (Å²) in [6.45, 7) is 0.754. The molecule has 1 saturated carbocycles. The van der Waals surface area contributed by atoms with E-state index in [9.17, 15) is 4.39 Å². The molecule has 1 aliphatic rings. The smallest absolute Gasteiger partial charge is 0.137 e. The van der Waals surface area contributed by atoms with Crippen LogP contribution in [0.3, 0.4) is 0 Å². The van der Waals surface area contributed by atoms with Crippen LogP contribution in [-0.2, 0) is 0 Å². The van der Waals surface area contributed by atoms with E-state index >= 15 is 0 Å². The lowest BCUT2D eigenvalue weighted by molar-refractivity contribution is 0.200. The third kappa shape index (κ3) is 4.05.